The molecular formula is C15H15BrN2O. The molecule has 0 aliphatic rings. The Kier molecular flexibility index (Phi) is 4.32. The molecule has 0 spiro atoms. The van der Waals surface area contributed by atoms with Gasteiger partial charge in [0.15, 0.2) is 0 Å². The summed E-state index contributed by atoms with van der Waals surface area (Å²) < 4.78 is 0.714. The van der Waals surface area contributed by atoms with Gasteiger partial charge in [0.25, 0.3) is 5.91 Å². The second kappa shape index (κ2) is 5.97. The lowest BCUT2D eigenvalue weighted by molar-refractivity contribution is 0.0983. The van der Waals surface area contributed by atoms with Gasteiger partial charge in [0.1, 0.15) is 5.69 Å². The van der Waals surface area contributed by atoms with Crippen LogP contribution in [0.1, 0.15) is 23.0 Å². The molecule has 1 amide bonds. The first-order valence-corrected chi connectivity index (χ1v) is 6.92. The van der Waals surface area contributed by atoms with Crippen molar-refractivity contribution in [2.24, 2.45) is 0 Å². The summed E-state index contributed by atoms with van der Waals surface area (Å²) in [4.78, 5) is 18.4. The summed E-state index contributed by atoms with van der Waals surface area (Å²) in [6, 6.07) is 11.5. The Hall–Kier alpha value is -1.68. The van der Waals surface area contributed by atoms with Crippen molar-refractivity contribution in [3.05, 3.63) is 58.3 Å². The summed E-state index contributed by atoms with van der Waals surface area (Å²) in [5, 5.41) is 0. The molecule has 0 aliphatic carbocycles. The quantitative estimate of drug-likeness (QED) is 0.862. The van der Waals surface area contributed by atoms with Crippen molar-refractivity contribution < 1.29 is 4.79 Å². The molecule has 0 radical (unpaired) electrons. The third-order valence-corrected chi connectivity index (χ3v) is 3.48. The molecule has 1 aromatic heterocycles. The summed E-state index contributed by atoms with van der Waals surface area (Å²) in [5.41, 5.74) is 2.46. The molecule has 4 heteroatoms. The number of carbonyl (C=O) groups excluding carboxylic acids is 1. The van der Waals surface area contributed by atoms with Gasteiger partial charge in [-0.15, -0.1) is 0 Å². The average Bonchev–Trinajstić information content (AvgIpc) is 2.40. The van der Waals surface area contributed by atoms with Crippen LogP contribution in [0.5, 0.6) is 0 Å². The fraction of sp³-hybridized carbons (Fsp3) is 0.200. The van der Waals surface area contributed by atoms with Crippen molar-refractivity contribution >= 4 is 27.5 Å². The summed E-state index contributed by atoms with van der Waals surface area (Å²) in [7, 11) is 0. The summed E-state index contributed by atoms with van der Waals surface area (Å²) in [6.07, 6.45) is 1.63. The van der Waals surface area contributed by atoms with Crippen LogP contribution in [0, 0.1) is 6.92 Å². The molecule has 1 heterocycles. The number of hydrogen-bond donors (Lipinski definition) is 0. The molecule has 2 rings (SSSR count). The van der Waals surface area contributed by atoms with E-state index in [4.69, 9.17) is 0 Å². The van der Waals surface area contributed by atoms with Crippen LogP contribution in [0.15, 0.2) is 47.1 Å². The Morgan fingerprint density at radius 2 is 2.11 bits per heavy atom. The van der Waals surface area contributed by atoms with Crippen molar-refractivity contribution in [3.8, 4) is 0 Å². The summed E-state index contributed by atoms with van der Waals surface area (Å²) in [5.74, 6) is -0.0967. The minimum absolute atomic E-state index is 0.0967. The van der Waals surface area contributed by atoms with Crippen molar-refractivity contribution in [1.82, 2.24) is 4.98 Å². The number of aryl methyl sites for hydroxylation is 1. The molecule has 98 valence electrons. The lowest BCUT2D eigenvalue weighted by Crippen LogP contribution is -2.31. The largest absolute Gasteiger partial charge is 0.307 e. The van der Waals surface area contributed by atoms with Gasteiger partial charge < -0.3 is 4.90 Å². The molecular weight excluding hydrogens is 304 g/mol. The van der Waals surface area contributed by atoms with Crippen molar-refractivity contribution in [3.63, 3.8) is 0 Å². The van der Waals surface area contributed by atoms with E-state index in [-0.39, 0.29) is 5.91 Å². The van der Waals surface area contributed by atoms with E-state index in [0.29, 0.717) is 16.7 Å². The van der Waals surface area contributed by atoms with Crippen LogP contribution in [-0.2, 0) is 0 Å². The fourth-order valence-corrected chi connectivity index (χ4v) is 2.33. The minimum Gasteiger partial charge on any atom is -0.307 e. The smallest absolute Gasteiger partial charge is 0.278 e. The van der Waals surface area contributed by atoms with Crippen molar-refractivity contribution in [1.29, 1.82) is 0 Å². The number of aromatic nitrogens is 1. The van der Waals surface area contributed by atoms with Crippen LogP contribution in [0.3, 0.4) is 0 Å². The average molecular weight is 319 g/mol. The Morgan fingerprint density at radius 1 is 1.32 bits per heavy atom. The Morgan fingerprint density at radius 3 is 2.74 bits per heavy atom. The van der Waals surface area contributed by atoms with Gasteiger partial charge in [-0.25, -0.2) is 4.98 Å². The molecule has 0 aliphatic heterocycles. The third kappa shape index (κ3) is 3.01. The molecule has 0 atom stereocenters. The topological polar surface area (TPSA) is 33.2 Å². The Balaban J connectivity index is 2.38. The summed E-state index contributed by atoms with van der Waals surface area (Å²) >= 11 is 3.37. The molecule has 0 saturated heterocycles. The number of nitrogens with zero attached hydrogens (tertiary/aromatic N) is 2. The maximum atomic E-state index is 12.5. The SMILES string of the molecule is CCN(C(=O)c1ncccc1Br)c1cccc(C)c1. The first-order chi connectivity index (χ1) is 9.13. The highest BCUT2D eigenvalue weighted by Crippen LogP contribution is 2.21. The molecule has 3 nitrogen and oxygen atoms in total. The molecule has 0 bridgehead atoms. The number of benzene rings is 1. The van der Waals surface area contributed by atoms with E-state index in [2.05, 4.69) is 20.9 Å². The van der Waals surface area contributed by atoms with Crippen LogP contribution >= 0.6 is 15.9 Å². The monoisotopic (exact) mass is 318 g/mol. The number of halogens is 1. The standard InChI is InChI=1S/C15H15BrN2O/c1-3-18(12-7-4-6-11(2)10-12)15(19)14-13(16)8-5-9-17-14/h4-10H,3H2,1-2H3. The highest BCUT2D eigenvalue weighted by molar-refractivity contribution is 9.10. The number of rotatable bonds is 3. The Labute approximate surface area is 121 Å². The van der Waals surface area contributed by atoms with E-state index in [9.17, 15) is 4.79 Å². The molecule has 0 N–H and O–H groups in total. The number of anilines is 1. The van der Waals surface area contributed by atoms with Crippen molar-refractivity contribution in [2.45, 2.75) is 13.8 Å². The second-order valence-electron chi connectivity index (χ2n) is 4.22. The number of hydrogen-bond acceptors (Lipinski definition) is 2. The third-order valence-electron chi connectivity index (χ3n) is 2.84. The highest BCUT2D eigenvalue weighted by atomic mass is 79.9. The number of pyridine rings is 1. The van der Waals surface area contributed by atoms with E-state index < -0.39 is 0 Å². The molecule has 1 aromatic carbocycles. The van der Waals surface area contributed by atoms with E-state index in [1.54, 1.807) is 17.2 Å². The van der Waals surface area contributed by atoms with Gasteiger partial charge in [0.05, 0.1) is 0 Å². The molecule has 0 unspecified atom stereocenters. The first kappa shape index (κ1) is 13.7. The Bertz CT molecular complexity index is 598. The van der Waals surface area contributed by atoms with Gasteiger partial charge in [-0.1, -0.05) is 12.1 Å². The number of amides is 1. The van der Waals surface area contributed by atoms with Crippen molar-refractivity contribution in [2.75, 3.05) is 11.4 Å². The predicted octanol–water partition coefficient (Wildman–Crippen LogP) is 3.82. The van der Waals surface area contributed by atoms with Gasteiger partial charge in [-0.05, 0) is 59.6 Å². The molecule has 0 fully saturated rings. The predicted molar refractivity (Wildman–Crippen MR) is 80.5 cm³/mol. The number of carbonyl (C=O) groups is 1. The highest BCUT2D eigenvalue weighted by Gasteiger charge is 2.19. The maximum absolute atomic E-state index is 12.5. The maximum Gasteiger partial charge on any atom is 0.278 e. The van der Waals surface area contributed by atoms with Crippen LogP contribution in [0.25, 0.3) is 0 Å². The zero-order valence-electron chi connectivity index (χ0n) is 10.9. The van der Waals surface area contributed by atoms with Gasteiger partial charge in [-0.3, -0.25) is 4.79 Å². The minimum atomic E-state index is -0.0967. The van der Waals surface area contributed by atoms with Crippen LogP contribution in [0.4, 0.5) is 5.69 Å². The van der Waals surface area contributed by atoms with Gasteiger partial charge in [0, 0.05) is 22.9 Å². The van der Waals surface area contributed by atoms with E-state index in [1.165, 1.54) is 0 Å². The van der Waals surface area contributed by atoms with E-state index in [1.807, 2.05) is 44.2 Å². The first-order valence-electron chi connectivity index (χ1n) is 6.12. The molecule has 2 aromatic rings. The fourth-order valence-electron chi connectivity index (χ4n) is 1.91. The zero-order chi connectivity index (χ0) is 13.8. The van der Waals surface area contributed by atoms with Crippen LogP contribution in [0.2, 0.25) is 0 Å². The van der Waals surface area contributed by atoms with Gasteiger partial charge >= 0.3 is 0 Å². The van der Waals surface area contributed by atoms with E-state index >= 15 is 0 Å². The normalized spacial score (nSPS) is 10.3. The lowest BCUT2D eigenvalue weighted by atomic mass is 10.2. The van der Waals surface area contributed by atoms with E-state index in [0.717, 1.165) is 11.3 Å². The zero-order valence-corrected chi connectivity index (χ0v) is 12.5. The second-order valence-corrected chi connectivity index (χ2v) is 5.08. The van der Waals surface area contributed by atoms with Gasteiger partial charge in [0.2, 0.25) is 0 Å². The van der Waals surface area contributed by atoms with Crippen LogP contribution < -0.4 is 4.90 Å². The summed E-state index contributed by atoms with van der Waals surface area (Å²) in [6.45, 7) is 4.57. The van der Waals surface area contributed by atoms with Crippen LogP contribution in [-0.4, -0.2) is 17.4 Å². The lowest BCUT2D eigenvalue weighted by Gasteiger charge is -2.21. The molecule has 0 saturated carbocycles. The molecule has 19 heavy (non-hydrogen) atoms. The van der Waals surface area contributed by atoms with Gasteiger partial charge in [-0.2, -0.15) is 0 Å².